The van der Waals surface area contributed by atoms with E-state index in [-0.39, 0.29) is 11.7 Å². The Balaban J connectivity index is 1.65. The number of halogens is 1. The number of imidazole rings is 1. The zero-order valence-corrected chi connectivity index (χ0v) is 15.4. The fraction of sp³-hybridized carbons (Fsp3) is 0. The van der Waals surface area contributed by atoms with Gasteiger partial charge in [-0.2, -0.15) is 4.99 Å². The lowest BCUT2D eigenvalue weighted by atomic mass is 10.3. The SMILES string of the molecule is O=C(O/C(=N/c1ccccc1)Nc1ccccc1)c1cnc2ccc(Cl)cn12. The van der Waals surface area contributed by atoms with Crippen molar-refractivity contribution in [3.8, 4) is 0 Å². The molecule has 0 amide bonds. The number of hydrogen-bond donors (Lipinski definition) is 1. The maximum atomic E-state index is 12.8. The number of aliphatic imine (C=N–C) groups is 1. The summed E-state index contributed by atoms with van der Waals surface area (Å²) in [5, 5.41) is 3.52. The van der Waals surface area contributed by atoms with Crippen LogP contribution in [0.15, 0.2) is 90.2 Å². The largest absolute Gasteiger partial charge is 0.387 e. The zero-order valence-electron chi connectivity index (χ0n) is 14.6. The molecule has 138 valence electrons. The molecule has 0 aliphatic rings. The van der Waals surface area contributed by atoms with Gasteiger partial charge in [-0.15, -0.1) is 0 Å². The molecule has 7 heteroatoms. The molecule has 0 aliphatic heterocycles. The highest BCUT2D eigenvalue weighted by Crippen LogP contribution is 2.16. The molecule has 0 aliphatic carbocycles. The summed E-state index contributed by atoms with van der Waals surface area (Å²) in [6.45, 7) is 0. The molecular weight excluding hydrogens is 376 g/mol. The summed E-state index contributed by atoms with van der Waals surface area (Å²) in [7, 11) is 0. The molecule has 0 radical (unpaired) electrons. The van der Waals surface area contributed by atoms with Gasteiger partial charge in [-0.3, -0.25) is 4.40 Å². The minimum absolute atomic E-state index is 0.0550. The number of nitrogens with one attached hydrogen (secondary N) is 1. The number of pyridine rings is 1. The average Bonchev–Trinajstić information content (AvgIpc) is 3.12. The van der Waals surface area contributed by atoms with E-state index in [4.69, 9.17) is 16.3 Å². The predicted octanol–water partition coefficient (Wildman–Crippen LogP) is 4.94. The standard InChI is InChI=1S/C21H15ClN4O2/c22-15-11-12-19-23-13-18(26(19)14-15)20(27)28-21(24-16-7-3-1-4-8-16)25-17-9-5-2-6-10-17/h1-14H,(H,24,25). The van der Waals surface area contributed by atoms with Crippen molar-refractivity contribution in [1.82, 2.24) is 9.38 Å². The van der Waals surface area contributed by atoms with Crippen LogP contribution in [0.1, 0.15) is 10.5 Å². The summed E-state index contributed by atoms with van der Waals surface area (Å²) in [4.78, 5) is 21.4. The van der Waals surface area contributed by atoms with E-state index in [0.717, 1.165) is 5.69 Å². The van der Waals surface area contributed by atoms with Crippen molar-refractivity contribution in [2.45, 2.75) is 0 Å². The second-order valence-electron chi connectivity index (χ2n) is 5.85. The van der Waals surface area contributed by atoms with E-state index in [9.17, 15) is 4.79 Å². The number of esters is 1. The minimum atomic E-state index is -0.604. The van der Waals surface area contributed by atoms with Crippen LogP contribution >= 0.6 is 11.6 Å². The molecule has 0 saturated heterocycles. The molecule has 0 unspecified atom stereocenters. The van der Waals surface area contributed by atoms with Crippen LogP contribution < -0.4 is 5.32 Å². The summed E-state index contributed by atoms with van der Waals surface area (Å²) in [5.74, 6) is -0.604. The van der Waals surface area contributed by atoms with Gasteiger partial charge in [-0.1, -0.05) is 48.0 Å². The molecule has 4 aromatic rings. The van der Waals surface area contributed by atoms with E-state index in [1.54, 1.807) is 22.7 Å². The summed E-state index contributed by atoms with van der Waals surface area (Å²) in [6.07, 6.45) is 3.05. The van der Waals surface area contributed by atoms with Gasteiger partial charge in [0.1, 0.15) is 5.65 Å². The number of nitrogens with zero attached hydrogens (tertiary/aromatic N) is 3. The number of amidine groups is 1. The van der Waals surface area contributed by atoms with Gasteiger partial charge in [-0.05, 0) is 36.4 Å². The van der Waals surface area contributed by atoms with E-state index in [1.807, 2.05) is 60.7 Å². The highest BCUT2D eigenvalue weighted by atomic mass is 35.5. The molecule has 0 atom stereocenters. The van der Waals surface area contributed by atoms with Gasteiger partial charge in [0, 0.05) is 11.9 Å². The van der Waals surface area contributed by atoms with Crippen molar-refractivity contribution in [2.75, 3.05) is 5.32 Å². The first-order valence-corrected chi connectivity index (χ1v) is 8.87. The Kier molecular flexibility index (Phi) is 5.03. The Morgan fingerprint density at radius 1 is 1.00 bits per heavy atom. The summed E-state index contributed by atoms with van der Waals surface area (Å²) in [5.41, 5.74) is 2.23. The molecule has 2 heterocycles. The van der Waals surface area contributed by atoms with Crippen LogP contribution in [0, 0.1) is 0 Å². The number of anilines is 1. The van der Waals surface area contributed by atoms with Gasteiger partial charge in [0.2, 0.25) is 0 Å². The normalized spacial score (nSPS) is 11.4. The summed E-state index contributed by atoms with van der Waals surface area (Å²) >= 11 is 6.04. The Labute approximate surface area is 166 Å². The molecule has 28 heavy (non-hydrogen) atoms. The molecule has 2 aromatic carbocycles. The number of fused-ring (bicyclic) bond motifs is 1. The molecule has 0 spiro atoms. The second-order valence-corrected chi connectivity index (χ2v) is 6.29. The Morgan fingerprint density at radius 2 is 1.71 bits per heavy atom. The van der Waals surface area contributed by atoms with Crippen LogP contribution in [0.4, 0.5) is 11.4 Å². The minimum Gasteiger partial charge on any atom is -0.387 e. The van der Waals surface area contributed by atoms with Crippen molar-refractivity contribution in [2.24, 2.45) is 4.99 Å². The molecule has 0 bridgehead atoms. The molecule has 1 N–H and O–H groups in total. The van der Waals surface area contributed by atoms with Crippen LogP contribution in [-0.2, 0) is 4.74 Å². The number of para-hydroxylation sites is 2. The maximum Gasteiger partial charge on any atom is 0.364 e. The fourth-order valence-electron chi connectivity index (χ4n) is 2.59. The van der Waals surface area contributed by atoms with Gasteiger partial charge in [0.15, 0.2) is 5.69 Å². The van der Waals surface area contributed by atoms with Crippen molar-refractivity contribution in [1.29, 1.82) is 0 Å². The van der Waals surface area contributed by atoms with E-state index in [2.05, 4.69) is 15.3 Å². The van der Waals surface area contributed by atoms with Gasteiger partial charge in [-0.25, -0.2) is 9.78 Å². The lowest BCUT2D eigenvalue weighted by molar-refractivity contribution is 0.0709. The van der Waals surface area contributed by atoms with E-state index in [0.29, 0.717) is 16.4 Å². The third kappa shape index (κ3) is 4.02. The topological polar surface area (TPSA) is 68.0 Å². The third-order valence-corrected chi connectivity index (χ3v) is 4.10. The smallest absolute Gasteiger partial charge is 0.364 e. The highest BCUT2D eigenvalue weighted by molar-refractivity contribution is 6.30. The summed E-state index contributed by atoms with van der Waals surface area (Å²) < 4.78 is 7.12. The number of hydrogen-bond acceptors (Lipinski definition) is 4. The zero-order chi connectivity index (χ0) is 19.3. The van der Waals surface area contributed by atoms with Gasteiger partial charge in [0.25, 0.3) is 0 Å². The van der Waals surface area contributed by atoms with Crippen LogP contribution in [0.25, 0.3) is 5.65 Å². The number of carbonyl (C=O) groups is 1. The van der Waals surface area contributed by atoms with E-state index < -0.39 is 5.97 Å². The van der Waals surface area contributed by atoms with Crippen LogP contribution in [0.3, 0.4) is 0 Å². The number of carbonyl (C=O) groups excluding carboxylic acids is 1. The first kappa shape index (κ1) is 17.8. The van der Waals surface area contributed by atoms with Crippen LogP contribution in [0.5, 0.6) is 0 Å². The van der Waals surface area contributed by atoms with Gasteiger partial charge >= 0.3 is 12.0 Å². The Hall–Kier alpha value is -3.64. The van der Waals surface area contributed by atoms with Gasteiger partial charge < -0.3 is 10.1 Å². The average molecular weight is 391 g/mol. The van der Waals surface area contributed by atoms with Crippen molar-refractivity contribution >= 4 is 40.6 Å². The van der Waals surface area contributed by atoms with Crippen molar-refractivity contribution in [3.63, 3.8) is 0 Å². The molecule has 0 saturated carbocycles. The maximum absolute atomic E-state index is 12.8. The van der Waals surface area contributed by atoms with E-state index >= 15 is 0 Å². The molecule has 4 rings (SSSR count). The molecule has 2 aromatic heterocycles. The predicted molar refractivity (Wildman–Crippen MR) is 109 cm³/mol. The lowest BCUT2D eigenvalue weighted by Crippen LogP contribution is -2.21. The van der Waals surface area contributed by atoms with Crippen LogP contribution in [0.2, 0.25) is 5.02 Å². The molecule has 0 fully saturated rings. The lowest BCUT2D eigenvalue weighted by Gasteiger charge is -2.10. The number of ether oxygens (including phenoxy) is 1. The van der Waals surface area contributed by atoms with Crippen molar-refractivity contribution < 1.29 is 9.53 Å². The highest BCUT2D eigenvalue weighted by Gasteiger charge is 2.17. The van der Waals surface area contributed by atoms with Crippen LogP contribution in [-0.4, -0.2) is 21.4 Å². The van der Waals surface area contributed by atoms with Crippen molar-refractivity contribution in [3.05, 3.63) is 95.9 Å². The fourth-order valence-corrected chi connectivity index (χ4v) is 2.75. The molecule has 6 nitrogen and oxygen atoms in total. The first-order chi connectivity index (χ1) is 13.7. The monoisotopic (exact) mass is 390 g/mol. The first-order valence-electron chi connectivity index (χ1n) is 8.50. The quantitative estimate of drug-likeness (QED) is 0.305. The molecular formula is C21H15ClN4O2. The summed E-state index contributed by atoms with van der Waals surface area (Å²) in [6, 6.07) is 22.0. The van der Waals surface area contributed by atoms with Gasteiger partial charge in [0.05, 0.1) is 16.9 Å². The Morgan fingerprint density at radius 3 is 2.46 bits per heavy atom. The number of aromatic nitrogens is 2. The second kappa shape index (κ2) is 7.94. The number of rotatable bonds is 3. The third-order valence-electron chi connectivity index (χ3n) is 3.88. The Bertz CT molecular complexity index is 1140. The van der Waals surface area contributed by atoms with E-state index in [1.165, 1.54) is 6.20 Å². The number of benzene rings is 2.